The largest absolute Gasteiger partial charge is 0.467 e. The van der Waals surface area contributed by atoms with Crippen molar-refractivity contribution in [3.05, 3.63) is 52.2 Å². The number of aryl methyl sites for hydroxylation is 2. The number of para-hydroxylation sites is 1. The van der Waals surface area contributed by atoms with E-state index in [4.69, 9.17) is 0 Å². The third kappa shape index (κ3) is 2.25. The number of hydrogen-bond acceptors (Lipinski definition) is 4. The van der Waals surface area contributed by atoms with Gasteiger partial charge >= 0.3 is 11.7 Å². The van der Waals surface area contributed by atoms with Crippen LogP contribution in [0.3, 0.4) is 0 Å². The molecule has 1 aromatic heterocycles. The normalized spacial score (nSPS) is 12.2. The molecule has 0 bridgehead atoms. The summed E-state index contributed by atoms with van der Waals surface area (Å²) in [6.45, 7) is 1.78. The number of ether oxygens (including phenoxy) is 1. The second-order valence-corrected chi connectivity index (χ2v) is 4.48. The average Bonchev–Trinajstić information content (AvgIpc) is 2.70. The molecule has 0 spiro atoms. The van der Waals surface area contributed by atoms with Crippen molar-refractivity contribution in [3.8, 4) is 5.69 Å². The van der Waals surface area contributed by atoms with E-state index >= 15 is 0 Å². The fourth-order valence-electron chi connectivity index (χ4n) is 2.16. The number of nitrogens with zero attached hydrogens (tertiary/aromatic N) is 2. The molecular formula is C14H16N2O4. The van der Waals surface area contributed by atoms with E-state index in [9.17, 15) is 14.7 Å². The van der Waals surface area contributed by atoms with Crippen LogP contribution in [0.15, 0.2) is 35.3 Å². The second kappa shape index (κ2) is 5.34. The van der Waals surface area contributed by atoms with Gasteiger partial charge in [0.2, 0.25) is 0 Å². The zero-order valence-electron chi connectivity index (χ0n) is 11.5. The molecule has 20 heavy (non-hydrogen) atoms. The molecule has 0 saturated heterocycles. The molecule has 0 aliphatic rings. The van der Waals surface area contributed by atoms with E-state index in [0.29, 0.717) is 16.9 Å². The van der Waals surface area contributed by atoms with Crippen LogP contribution in [0.2, 0.25) is 0 Å². The molecular weight excluding hydrogens is 260 g/mol. The summed E-state index contributed by atoms with van der Waals surface area (Å²) >= 11 is 0. The number of carbonyl (C=O) groups is 1. The van der Waals surface area contributed by atoms with Crippen molar-refractivity contribution in [1.29, 1.82) is 0 Å². The smallest absolute Gasteiger partial charge is 0.339 e. The van der Waals surface area contributed by atoms with Crippen molar-refractivity contribution >= 4 is 5.97 Å². The van der Waals surface area contributed by atoms with Crippen molar-refractivity contribution in [2.75, 3.05) is 7.11 Å². The van der Waals surface area contributed by atoms with Gasteiger partial charge in [0.05, 0.1) is 12.8 Å². The van der Waals surface area contributed by atoms with Gasteiger partial charge in [0, 0.05) is 24.5 Å². The Hall–Kier alpha value is -2.34. The Balaban J connectivity index is 2.64. The van der Waals surface area contributed by atoms with Gasteiger partial charge in [0.15, 0.2) is 6.10 Å². The Morgan fingerprint density at radius 3 is 2.55 bits per heavy atom. The highest BCUT2D eigenvalue weighted by Crippen LogP contribution is 2.22. The maximum absolute atomic E-state index is 12.1. The van der Waals surface area contributed by atoms with E-state index in [1.54, 1.807) is 44.4 Å². The first-order valence-corrected chi connectivity index (χ1v) is 6.07. The van der Waals surface area contributed by atoms with Gasteiger partial charge in [-0.2, -0.15) is 0 Å². The van der Waals surface area contributed by atoms with Crippen LogP contribution in [0.4, 0.5) is 0 Å². The second-order valence-electron chi connectivity index (χ2n) is 4.48. The molecule has 1 atom stereocenters. The number of imidazole rings is 1. The number of aliphatic hydroxyl groups excluding tert-OH is 1. The summed E-state index contributed by atoms with van der Waals surface area (Å²) in [4.78, 5) is 23.6. The minimum atomic E-state index is -1.43. The number of carbonyl (C=O) groups excluding carboxylic acids is 1. The molecule has 1 N–H and O–H groups in total. The van der Waals surface area contributed by atoms with Crippen LogP contribution >= 0.6 is 0 Å². The van der Waals surface area contributed by atoms with Crippen molar-refractivity contribution < 1.29 is 14.6 Å². The number of esters is 1. The average molecular weight is 276 g/mol. The van der Waals surface area contributed by atoms with E-state index in [0.717, 1.165) is 0 Å². The topological polar surface area (TPSA) is 73.5 Å². The lowest BCUT2D eigenvalue weighted by atomic mass is 10.1. The molecule has 1 aromatic carbocycles. The molecule has 0 amide bonds. The predicted octanol–water partition coefficient (Wildman–Crippen LogP) is 0.691. The van der Waals surface area contributed by atoms with Crippen molar-refractivity contribution in [3.63, 3.8) is 0 Å². The molecule has 0 fully saturated rings. The monoisotopic (exact) mass is 276 g/mol. The lowest BCUT2D eigenvalue weighted by Crippen LogP contribution is -2.24. The molecule has 2 rings (SSSR count). The maximum Gasteiger partial charge on any atom is 0.339 e. The molecule has 6 nitrogen and oxygen atoms in total. The number of methoxy groups -OCH3 is 1. The molecule has 0 radical (unpaired) electrons. The zero-order valence-corrected chi connectivity index (χ0v) is 11.5. The Bertz CT molecular complexity index is 699. The first-order chi connectivity index (χ1) is 9.47. The van der Waals surface area contributed by atoms with Crippen LogP contribution in [0, 0.1) is 6.92 Å². The van der Waals surface area contributed by atoms with Gasteiger partial charge in [-0.05, 0) is 13.0 Å². The highest BCUT2D eigenvalue weighted by atomic mass is 16.5. The first-order valence-electron chi connectivity index (χ1n) is 6.07. The van der Waals surface area contributed by atoms with Gasteiger partial charge in [0.25, 0.3) is 0 Å². The lowest BCUT2D eigenvalue weighted by Gasteiger charge is -2.14. The van der Waals surface area contributed by atoms with Crippen LogP contribution < -0.4 is 5.69 Å². The number of hydrogen-bond donors (Lipinski definition) is 1. The van der Waals surface area contributed by atoms with E-state index in [1.807, 2.05) is 0 Å². The van der Waals surface area contributed by atoms with Crippen molar-refractivity contribution in [1.82, 2.24) is 9.13 Å². The number of benzene rings is 1. The predicted molar refractivity (Wildman–Crippen MR) is 72.7 cm³/mol. The molecule has 106 valence electrons. The molecule has 1 unspecified atom stereocenters. The summed E-state index contributed by atoms with van der Waals surface area (Å²) in [5, 5.41) is 10.0. The third-order valence-corrected chi connectivity index (χ3v) is 3.12. The van der Waals surface area contributed by atoms with E-state index < -0.39 is 12.1 Å². The molecule has 0 aliphatic carbocycles. The Labute approximate surface area is 115 Å². The highest BCUT2D eigenvalue weighted by Gasteiger charge is 2.23. The minimum absolute atomic E-state index is 0.244. The first kappa shape index (κ1) is 14.1. The number of aliphatic hydroxyl groups is 1. The Morgan fingerprint density at radius 2 is 2.00 bits per heavy atom. The van der Waals surface area contributed by atoms with Crippen LogP contribution in [-0.4, -0.2) is 27.3 Å². The van der Waals surface area contributed by atoms with E-state index in [2.05, 4.69) is 4.74 Å². The summed E-state index contributed by atoms with van der Waals surface area (Å²) in [5.41, 5.74) is 1.26. The maximum atomic E-state index is 12.1. The summed E-state index contributed by atoms with van der Waals surface area (Å²) in [6, 6.07) is 6.70. The summed E-state index contributed by atoms with van der Waals surface area (Å²) in [7, 11) is 2.85. The highest BCUT2D eigenvalue weighted by molar-refractivity contribution is 5.77. The van der Waals surface area contributed by atoms with Crippen LogP contribution in [0.25, 0.3) is 5.69 Å². The molecule has 1 heterocycles. The van der Waals surface area contributed by atoms with Crippen molar-refractivity contribution in [2.24, 2.45) is 7.05 Å². The summed E-state index contributed by atoms with van der Waals surface area (Å²) in [5.74, 6) is -0.765. The van der Waals surface area contributed by atoms with Gasteiger partial charge in [-0.1, -0.05) is 18.2 Å². The number of aromatic nitrogens is 2. The summed E-state index contributed by atoms with van der Waals surface area (Å²) in [6.07, 6.45) is 0.256. The molecule has 2 aromatic rings. The fraction of sp³-hybridized carbons (Fsp3) is 0.286. The quantitative estimate of drug-likeness (QED) is 0.837. The minimum Gasteiger partial charge on any atom is -0.467 e. The van der Waals surface area contributed by atoms with Crippen LogP contribution in [-0.2, 0) is 16.6 Å². The molecule has 0 aliphatic heterocycles. The summed E-state index contributed by atoms with van der Waals surface area (Å²) < 4.78 is 7.43. The van der Waals surface area contributed by atoms with Gasteiger partial charge in [-0.3, -0.25) is 4.57 Å². The SMILES string of the molecule is COC(=O)C(O)c1ccccc1-n1c(C)cn(C)c1=O. The zero-order chi connectivity index (χ0) is 14.9. The third-order valence-electron chi connectivity index (χ3n) is 3.12. The van der Waals surface area contributed by atoms with E-state index in [1.165, 1.54) is 16.2 Å². The van der Waals surface area contributed by atoms with Gasteiger partial charge < -0.3 is 14.4 Å². The van der Waals surface area contributed by atoms with Gasteiger partial charge in [-0.25, -0.2) is 9.59 Å². The van der Waals surface area contributed by atoms with Gasteiger partial charge in [0.1, 0.15) is 0 Å². The fourth-order valence-corrected chi connectivity index (χ4v) is 2.16. The van der Waals surface area contributed by atoms with Crippen molar-refractivity contribution in [2.45, 2.75) is 13.0 Å². The van der Waals surface area contributed by atoms with E-state index in [-0.39, 0.29) is 5.69 Å². The standard InChI is InChI=1S/C14H16N2O4/c1-9-8-15(2)14(19)16(9)11-7-5-4-6-10(11)12(17)13(18)20-3/h4-8,12,17H,1-3H3. The molecule has 6 heteroatoms. The van der Waals surface area contributed by atoms with Crippen LogP contribution in [0.5, 0.6) is 0 Å². The van der Waals surface area contributed by atoms with Gasteiger partial charge in [-0.15, -0.1) is 0 Å². The van der Waals surface area contributed by atoms with Crippen LogP contribution in [0.1, 0.15) is 17.4 Å². The lowest BCUT2D eigenvalue weighted by molar-refractivity contribution is -0.150. The number of rotatable bonds is 3. The Morgan fingerprint density at radius 1 is 1.35 bits per heavy atom. The molecule has 0 saturated carbocycles. The Kier molecular flexibility index (Phi) is 3.76.